The van der Waals surface area contributed by atoms with E-state index in [9.17, 15) is 13.2 Å². The van der Waals surface area contributed by atoms with Gasteiger partial charge in [-0.3, -0.25) is 9.98 Å². The molecule has 0 saturated heterocycles. The highest BCUT2D eigenvalue weighted by molar-refractivity contribution is 6.31. The number of aromatic amines is 1. The summed E-state index contributed by atoms with van der Waals surface area (Å²) in [6.07, 6.45) is 4.63. The number of aromatic nitrogens is 3. The van der Waals surface area contributed by atoms with Gasteiger partial charge in [0.15, 0.2) is 0 Å². The van der Waals surface area contributed by atoms with Gasteiger partial charge in [-0.1, -0.05) is 17.7 Å². The number of rotatable bonds is 4. The molecule has 4 heterocycles. The van der Waals surface area contributed by atoms with Crippen LogP contribution in [0.5, 0.6) is 0 Å². The zero-order valence-electron chi connectivity index (χ0n) is 15.2. The van der Waals surface area contributed by atoms with Gasteiger partial charge in [0.1, 0.15) is 17.2 Å². The first-order chi connectivity index (χ1) is 13.9. The van der Waals surface area contributed by atoms with Crippen LogP contribution in [0.3, 0.4) is 0 Å². The van der Waals surface area contributed by atoms with Crippen molar-refractivity contribution in [3.8, 4) is 0 Å². The van der Waals surface area contributed by atoms with Gasteiger partial charge in [0.2, 0.25) is 0 Å². The summed E-state index contributed by atoms with van der Waals surface area (Å²) in [5, 5.41) is 4.79. The quantitative estimate of drug-likeness (QED) is 0.622. The summed E-state index contributed by atoms with van der Waals surface area (Å²) in [5.74, 6) is 0.803. The van der Waals surface area contributed by atoms with Crippen LogP contribution in [0.4, 0.5) is 13.2 Å². The van der Waals surface area contributed by atoms with E-state index in [1.54, 1.807) is 6.20 Å². The first kappa shape index (κ1) is 19.4. The third-order valence-corrected chi connectivity index (χ3v) is 4.90. The number of nitrogens with one attached hydrogen (secondary N) is 2. The van der Waals surface area contributed by atoms with Crippen LogP contribution in [-0.4, -0.2) is 20.8 Å². The average Bonchev–Trinajstić information content (AvgIpc) is 3.09. The van der Waals surface area contributed by atoms with E-state index in [1.165, 1.54) is 17.8 Å². The van der Waals surface area contributed by atoms with E-state index < -0.39 is 11.9 Å². The number of hydrogen-bond acceptors (Lipinski definition) is 3. The van der Waals surface area contributed by atoms with Gasteiger partial charge in [0.25, 0.3) is 0 Å². The third kappa shape index (κ3) is 4.59. The Labute approximate surface area is 169 Å². The molecule has 0 bridgehead atoms. The number of allylic oxidation sites excluding steroid dienone is 1. The van der Waals surface area contributed by atoms with Gasteiger partial charge in [-0.25, -0.2) is 4.98 Å². The van der Waals surface area contributed by atoms with E-state index >= 15 is 0 Å². The second-order valence-electron chi connectivity index (χ2n) is 6.80. The molecule has 0 unspecified atom stereocenters. The molecule has 4 rings (SSSR count). The van der Waals surface area contributed by atoms with E-state index in [1.807, 2.05) is 18.5 Å². The Kier molecular flexibility index (Phi) is 5.27. The van der Waals surface area contributed by atoms with Gasteiger partial charge in [-0.15, -0.1) is 0 Å². The summed E-state index contributed by atoms with van der Waals surface area (Å²) in [4.78, 5) is 15.3. The fourth-order valence-corrected chi connectivity index (χ4v) is 3.33. The molecule has 0 amide bonds. The molecule has 0 saturated carbocycles. The van der Waals surface area contributed by atoms with Crippen LogP contribution in [0.15, 0.2) is 53.6 Å². The molecular formula is C20H17ClF3N5. The minimum absolute atomic E-state index is 0.281. The maximum atomic E-state index is 12.6. The van der Waals surface area contributed by atoms with Crippen LogP contribution in [0.25, 0.3) is 11.0 Å². The lowest BCUT2D eigenvalue weighted by atomic mass is 10.00. The lowest BCUT2D eigenvalue weighted by molar-refractivity contribution is -0.141. The number of alkyl halides is 3. The van der Waals surface area contributed by atoms with Crippen molar-refractivity contribution in [2.75, 3.05) is 0 Å². The van der Waals surface area contributed by atoms with E-state index in [2.05, 4.69) is 25.3 Å². The smallest absolute Gasteiger partial charge is 0.350 e. The standard InChI is InChI=1S/C20H17ClF3N5/c21-15-6-16-14(10-28-19(16)29-11-15)5-12-2-4-18(26-7-12)27-9-13-1-3-17(25-8-13)20(22,23)24/h1,3,6-8,10-11H,2,4-5,9H2,(H,26,27)(H,28,29). The second kappa shape index (κ2) is 7.87. The molecule has 3 aromatic rings. The van der Waals surface area contributed by atoms with E-state index in [0.29, 0.717) is 10.6 Å². The van der Waals surface area contributed by atoms with Crippen molar-refractivity contribution >= 4 is 28.5 Å². The third-order valence-electron chi connectivity index (χ3n) is 4.69. The molecule has 9 heteroatoms. The topological polar surface area (TPSA) is 66.0 Å². The number of hydrogen-bond donors (Lipinski definition) is 2. The number of fused-ring (bicyclic) bond motifs is 1. The largest absolute Gasteiger partial charge is 0.433 e. The molecule has 0 fully saturated rings. The molecule has 1 aliphatic rings. The molecule has 0 radical (unpaired) electrons. The number of H-pyrrole nitrogens is 1. The summed E-state index contributed by atoms with van der Waals surface area (Å²) in [7, 11) is 0. The average molecular weight is 420 g/mol. The van der Waals surface area contributed by atoms with Crippen LogP contribution in [0.1, 0.15) is 29.7 Å². The molecule has 0 atom stereocenters. The van der Waals surface area contributed by atoms with Crippen LogP contribution < -0.4 is 5.32 Å². The first-order valence-electron chi connectivity index (χ1n) is 9.00. The Morgan fingerprint density at radius 1 is 1.14 bits per heavy atom. The molecule has 5 nitrogen and oxygen atoms in total. The van der Waals surface area contributed by atoms with Crippen molar-refractivity contribution in [1.29, 1.82) is 0 Å². The molecule has 29 heavy (non-hydrogen) atoms. The minimum atomic E-state index is -4.43. The Morgan fingerprint density at radius 3 is 2.69 bits per heavy atom. The van der Waals surface area contributed by atoms with Crippen LogP contribution in [-0.2, 0) is 19.1 Å². The minimum Gasteiger partial charge on any atom is -0.350 e. The van der Waals surface area contributed by atoms with E-state index in [-0.39, 0.29) is 6.54 Å². The second-order valence-corrected chi connectivity index (χ2v) is 7.24. The Morgan fingerprint density at radius 2 is 2.00 bits per heavy atom. The number of nitrogens with zero attached hydrogens (tertiary/aromatic N) is 3. The molecule has 0 aliphatic carbocycles. The van der Waals surface area contributed by atoms with Gasteiger partial charge in [0.05, 0.1) is 11.6 Å². The fraction of sp³-hybridized carbons (Fsp3) is 0.250. The van der Waals surface area contributed by atoms with Gasteiger partial charge in [-0.2, -0.15) is 13.2 Å². The van der Waals surface area contributed by atoms with Gasteiger partial charge >= 0.3 is 6.18 Å². The predicted octanol–water partition coefficient (Wildman–Crippen LogP) is 5.04. The summed E-state index contributed by atoms with van der Waals surface area (Å²) in [5.41, 5.74) is 2.89. The number of amidine groups is 1. The summed E-state index contributed by atoms with van der Waals surface area (Å²) >= 11 is 6.05. The van der Waals surface area contributed by atoms with Crippen LogP contribution in [0, 0.1) is 0 Å². The first-order valence-corrected chi connectivity index (χ1v) is 9.38. The fourth-order valence-electron chi connectivity index (χ4n) is 3.17. The number of aliphatic imine (C=N–C) groups is 1. The zero-order valence-corrected chi connectivity index (χ0v) is 16.0. The maximum absolute atomic E-state index is 12.6. The molecule has 0 spiro atoms. The van der Waals surface area contributed by atoms with Gasteiger partial charge in [0, 0.05) is 36.6 Å². The van der Waals surface area contributed by atoms with Crippen molar-refractivity contribution in [2.45, 2.75) is 32.0 Å². The highest BCUT2D eigenvalue weighted by Gasteiger charge is 2.31. The Bertz CT molecular complexity index is 1080. The predicted molar refractivity (Wildman–Crippen MR) is 106 cm³/mol. The SMILES string of the molecule is FC(F)(F)c1ccc(CN=C2CCC(Cc3c[nH]c4ncc(Cl)cc34)=CN2)cn1. The molecule has 0 aromatic carbocycles. The van der Waals surface area contributed by atoms with E-state index in [0.717, 1.165) is 47.8 Å². The monoisotopic (exact) mass is 419 g/mol. The number of pyridine rings is 2. The molecular weight excluding hydrogens is 403 g/mol. The molecule has 3 aromatic heterocycles. The number of halogens is 4. The van der Waals surface area contributed by atoms with Crippen LogP contribution >= 0.6 is 11.6 Å². The van der Waals surface area contributed by atoms with Crippen molar-refractivity contribution in [3.05, 3.63) is 70.4 Å². The zero-order chi connectivity index (χ0) is 20.4. The summed E-state index contributed by atoms with van der Waals surface area (Å²) in [6.45, 7) is 0.281. The molecule has 150 valence electrons. The highest BCUT2D eigenvalue weighted by atomic mass is 35.5. The highest BCUT2D eigenvalue weighted by Crippen LogP contribution is 2.27. The van der Waals surface area contributed by atoms with Crippen LogP contribution in [0.2, 0.25) is 5.02 Å². The Balaban J connectivity index is 1.38. The molecule has 1 aliphatic heterocycles. The van der Waals surface area contributed by atoms with Gasteiger partial charge < -0.3 is 10.3 Å². The maximum Gasteiger partial charge on any atom is 0.433 e. The van der Waals surface area contributed by atoms with E-state index in [4.69, 9.17) is 11.6 Å². The summed E-state index contributed by atoms with van der Waals surface area (Å²) < 4.78 is 37.7. The van der Waals surface area contributed by atoms with Crippen molar-refractivity contribution in [2.24, 2.45) is 4.99 Å². The summed E-state index contributed by atoms with van der Waals surface area (Å²) in [6, 6.07) is 4.28. The van der Waals surface area contributed by atoms with Crippen molar-refractivity contribution < 1.29 is 13.2 Å². The normalized spacial score (nSPS) is 16.1. The van der Waals surface area contributed by atoms with Crippen molar-refractivity contribution in [1.82, 2.24) is 20.3 Å². The van der Waals surface area contributed by atoms with Gasteiger partial charge in [-0.05, 0) is 41.7 Å². The Hall–Kier alpha value is -2.87. The van der Waals surface area contributed by atoms with Crippen molar-refractivity contribution in [3.63, 3.8) is 0 Å². The molecule has 2 N–H and O–H groups in total. The lowest BCUT2D eigenvalue weighted by Crippen LogP contribution is -2.23. The lowest BCUT2D eigenvalue weighted by Gasteiger charge is -2.16.